The molecule has 0 unspecified atom stereocenters. The average Bonchev–Trinajstić information content (AvgIpc) is 4.36. The molecule has 420 valence electrons. The van der Waals surface area contributed by atoms with Crippen LogP contribution in [0.15, 0.2) is 164 Å². The number of hydrogen-bond acceptors (Lipinski definition) is 12. The summed E-state index contributed by atoms with van der Waals surface area (Å²) in [5.41, 5.74) is 14.8. The van der Waals surface area contributed by atoms with Gasteiger partial charge in [-0.05, 0) is 139 Å². The average molecular weight is 1130 g/mol. The van der Waals surface area contributed by atoms with Crippen molar-refractivity contribution < 1.29 is 0 Å². The van der Waals surface area contributed by atoms with Crippen LogP contribution in [-0.2, 0) is 32.5 Å². The van der Waals surface area contributed by atoms with Crippen molar-refractivity contribution >= 4 is 98.8 Å². The van der Waals surface area contributed by atoms with Gasteiger partial charge in [0.1, 0.15) is 22.1 Å². The maximum Gasteiger partial charge on any atom is 0.106 e. The van der Waals surface area contributed by atoms with E-state index in [0.29, 0.717) is 0 Å². The maximum atomic E-state index is 4.65. The van der Waals surface area contributed by atoms with Crippen molar-refractivity contribution in [3.05, 3.63) is 198 Å². The molecule has 0 spiro atoms. The molecule has 81 heavy (non-hydrogen) atoms. The number of benzene rings is 6. The van der Waals surface area contributed by atoms with Crippen molar-refractivity contribution in [2.75, 3.05) is 0 Å². The number of para-hydroxylation sites is 2. The summed E-state index contributed by atoms with van der Waals surface area (Å²) in [6, 6.07) is 52.5. The van der Waals surface area contributed by atoms with Gasteiger partial charge >= 0.3 is 0 Å². The SMILES string of the molecule is CC(C)(C)c1cc2ccccc2cn1.CC(C)(C)c1ccc2ccccc2n1.CC(C)(C)c1ccc2nnsc2c1.CC(C)(C)c1ccc2nsnc2c1.CC(C)(C)c1ccc2snnc2c1.CC(C)(C)c1cnc2ccccc2c1. The first-order chi connectivity index (χ1) is 37.9. The Balaban J connectivity index is 0.000000140. The topological polar surface area (TPSA) is 116 Å². The highest BCUT2D eigenvalue weighted by molar-refractivity contribution is 7.13. The van der Waals surface area contributed by atoms with Crippen LogP contribution in [0.3, 0.4) is 0 Å². The molecule has 12 rings (SSSR count). The number of rotatable bonds is 0. The molecule has 0 aliphatic carbocycles. The van der Waals surface area contributed by atoms with Crippen LogP contribution in [0.25, 0.3) is 64.0 Å². The second-order valence-corrected chi connectivity index (χ2v) is 28.7. The molecule has 6 aromatic carbocycles. The van der Waals surface area contributed by atoms with E-state index in [9.17, 15) is 0 Å². The largest absolute Gasteiger partial charge is 0.260 e. The summed E-state index contributed by atoms with van der Waals surface area (Å²) >= 11 is 4.17. The molecule has 12 heteroatoms. The summed E-state index contributed by atoms with van der Waals surface area (Å²) in [6.45, 7) is 39.6. The Morgan fingerprint density at radius 3 is 1.41 bits per heavy atom. The maximum absolute atomic E-state index is 4.65. The Morgan fingerprint density at radius 1 is 0.296 bits per heavy atom. The fourth-order valence-electron chi connectivity index (χ4n) is 8.20. The Hall–Kier alpha value is -6.99. The van der Waals surface area contributed by atoms with Gasteiger partial charge in [-0.15, -0.1) is 10.2 Å². The van der Waals surface area contributed by atoms with Gasteiger partial charge in [0.05, 0.1) is 32.2 Å². The van der Waals surface area contributed by atoms with E-state index in [2.05, 4.69) is 277 Å². The predicted molar refractivity (Wildman–Crippen MR) is 350 cm³/mol. The van der Waals surface area contributed by atoms with Gasteiger partial charge in [0.15, 0.2) is 0 Å². The first-order valence-corrected chi connectivity index (χ1v) is 30.0. The number of aromatic nitrogens is 9. The van der Waals surface area contributed by atoms with Crippen LogP contribution in [-0.4, -0.2) is 42.9 Å². The summed E-state index contributed by atoms with van der Waals surface area (Å²) < 4.78 is 18.6. The summed E-state index contributed by atoms with van der Waals surface area (Å²) in [4.78, 5) is 13.6. The summed E-state index contributed by atoms with van der Waals surface area (Å²) in [7, 11) is 0. The molecule has 0 atom stereocenters. The van der Waals surface area contributed by atoms with Crippen LogP contribution < -0.4 is 0 Å². The van der Waals surface area contributed by atoms with Gasteiger partial charge in [0.2, 0.25) is 0 Å². The molecule has 6 heterocycles. The van der Waals surface area contributed by atoms with Crippen LogP contribution in [0.5, 0.6) is 0 Å². The minimum absolute atomic E-state index is 0.129. The van der Waals surface area contributed by atoms with Crippen LogP contribution in [0.2, 0.25) is 0 Å². The minimum Gasteiger partial charge on any atom is -0.260 e. The van der Waals surface area contributed by atoms with Crippen molar-refractivity contribution in [1.29, 1.82) is 0 Å². The Labute approximate surface area is 493 Å². The summed E-state index contributed by atoms with van der Waals surface area (Å²) in [5, 5.41) is 13.0. The van der Waals surface area contributed by atoms with E-state index in [-0.39, 0.29) is 32.5 Å². The molecule has 0 aliphatic rings. The quantitative estimate of drug-likeness (QED) is 0.146. The van der Waals surface area contributed by atoms with Gasteiger partial charge in [-0.2, -0.15) is 8.75 Å². The minimum atomic E-state index is 0.129. The highest BCUT2D eigenvalue weighted by atomic mass is 32.1. The molecule has 0 bridgehead atoms. The molecule has 0 saturated carbocycles. The lowest BCUT2D eigenvalue weighted by atomic mass is 9.87. The van der Waals surface area contributed by atoms with Gasteiger partial charge in [0, 0.05) is 50.8 Å². The van der Waals surface area contributed by atoms with E-state index in [1.165, 1.54) is 83.3 Å². The zero-order chi connectivity index (χ0) is 59.0. The summed E-state index contributed by atoms with van der Waals surface area (Å²) in [6.07, 6.45) is 3.93. The lowest BCUT2D eigenvalue weighted by Gasteiger charge is -2.18. The van der Waals surface area contributed by atoms with Crippen LogP contribution in [0.1, 0.15) is 158 Å². The zero-order valence-corrected chi connectivity index (χ0v) is 53.3. The van der Waals surface area contributed by atoms with Gasteiger partial charge < -0.3 is 0 Å². The number of nitrogens with zero attached hydrogens (tertiary/aromatic N) is 9. The smallest absolute Gasteiger partial charge is 0.106 e. The first kappa shape index (κ1) is 61.6. The molecular formula is C69H81N9S3. The molecule has 6 aromatic heterocycles. The van der Waals surface area contributed by atoms with E-state index in [0.717, 1.165) is 49.2 Å². The standard InChI is InChI=1S/3C13H15N.3C10H12N2S/c1-13(2,3)11-8-10-6-4-5-7-12(10)14-9-11;1-13(2,3)12-8-10-6-4-5-7-11(10)9-14-12;1-13(2,3)12-9-8-10-6-4-5-7-11(10)14-12;1-10(2,3)7-4-5-9-8(6-7)11-12-13-9;1-10(2,3)7-4-5-8-9(6-7)13-12-11-8;1-10(2,3)7-4-5-8-9(6-7)12-13-11-8/h3*4-9H,1-3H3;3*4-6H,1-3H3. The third kappa shape index (κ3) is 17.3. The van der Waals surface area contributed by atoms with Crippen molar-refractivity contribution in [3.63, 3.8) is 0 Å². The number of pyridine rings is 3. The van der Waals surface area contributed by atoms with E-state index < -0.39 is 0 Å². The van der Waals surface area contributed by atoms with Crippen LogP contribution in [0.4, 0.5) is 0 Å². The monoisotopic (exact) mass is 1130 g/mol. The van der Waals surface area contributed by atoms with Crippen LogP contribution in [0, 0.1) is 0 Å². The molecule has 0 radical (unpaired) electrons. The van der Waals surface area contributed by atoms with E-state index >= 15 is 0 Å². The fourth-order valence-corrected chi connectivity index (χ4v) is 9.85. The third-order valence-corrected chi connectivity index (χ3v) is 15.5. The molecule has 0 fully saturated rings. The van der Waals surface area contributed by atoms with E-state index in [1.807, 2.05) is 54.9 Å². The van der Waals surface area contributed by atoms with Gasteiger partial charge in [0.25, 0.3) is 0 Å². The lowest BCUT2D eigenvalue weighted by Crippen LogP contribution is -2.13. The number of hydrogen-bond donors (Lipinski definition) is 0. The molecule has 0 amide bonds. The second kappa shape index (κ2) is 25.4. The van der Waals surface area contributed by atoms with Crippen molar-refractivity contribution in [3.8, 4) is 0 Å². The Kier molecular flexibility index (Phi) is 19.3. The zero-order valence-electron chi connectivity index (χ0n) is 50.8. The summed E-state index contributed by atoms with van der Waals surface area (Å²) in [5.74, 6) is 0. The lowest BCUT2D eigenvalue weighted by molar-refractivity contribution is 0.570. The molecule has 0 saturated heterocycles. The second-order valence-electron chi connectivity index (χ2n) is 26.6. The highest BCUT2D eigenvalue weighted by Gasteiger charge is 2.19. The third-order valence-electron chi connectivity index (χ3n) is 13.6. The number of fused-ring (bicyclic) bond motifs is 6. The predicted octanol–water partition coefficient (Wildman–Crippen LogP) is 19.6. The fraction of sp³-hybridized carbons (Fsp3) is 0.348. The molecule has 0 aliphatic heterocycles. The molecule has 0 N–H and O–H groups in total. The molecule has 9 nitrogen and oxygen atoms in total. The molecule has 12 aromatic rings. The van der Waals surface area contributed by atoms with Crippen LogP contribution >= 0.6 is 34.8 Å². The van der Waals surface area contributed by atoms with E-state index in [1.54, 1.807) is 0 Å². The van der Waals surface area contributed by atoms with Gasteiger partial charge in [-0.25, -0.2) is 0 Å². The van der Waals surface area contributed by atoms with Crippen molar-refractivity contribution in [2.24, 2.45) is 0 Å². The first-order valence-electron chi connectivity index (χ1n) is 27.7. The Bertz CT molecular complexity index is 3570. The Morgan fingerprint density at radius 2 is 0.790 bits per heavy atom. The van der Waals surface area contributed by atoms with Gasteiger partial charge in [-0.1, -0.05) is 219 Å². The molecular weight excluding hydrogens is 1050 g/mol. The van der Waals surface area contributed by atoms with Gasteiger partial charge in [-0.3, -0.25) is 15.0 Å². The van der Waals surface area contributed by atoms with Crippen molar-refractivity contribution in [2.45, 2.75) is 157 Å². The van der Waals surface area contributed by atoms with E-state index in [4.69, 9.17) is 0 Å². The normalized spacial score (nSPS) is 12.1. The highest BCUT2D eigenvalue weighted by Crippen LogP contribution is 2.30. The van der Waals surface area contributed by atoms with Crippen molar-refractivity contribution in [1.82, 2.24) is 42.9 Å².